The number of halogens is 1. The van der Waals surface area contributed by atoms with E-state index in [1.807, 2.05) is 24.3 Å². The zero-order chi connectivity index (χ0) is 11.3. The number of hydrogen-bond acceptors (Lipinski definition) is 3. The van der Waals surface area contributed by atoms with Gasteiger partial charge in [-0.3, -0.25) is 4.79 Å². The van der Waals surface area contributed by atoms with Gasteiger partial charge in [0.2, 0.25) is 0 Å². The molecule has 1 aromatic carbocycles. The largest absolute Gasteiger partial charge is 0.469 e. The molecular formula is C11H14BrNO2. The molecule has 0 aliphatic carbocycles. The van der Waals surface area contributed by atoms with Gasteiger partial charge in [0, 0.05) is 4.47 Å². The van der Waals surface area contributed by atoms with Gasteiger partial charge in [-0.2, -0.15) is 0 Å². The van der Waals surface area contributed by atoms with Crippen molar-refractivity contribution in [3.05, 3.63) is 34.3 Å². The highest BCUT2D eigenvalue weighted by atomic mass is 79.9. The molecule has 1 rings (SSSR count). The fourth-order valence-corrected chi connectivity index (χ4v) is 1.69. The van der Waals surface area contributed by atoms with Crippen LogP contribution in [0.1, 0.15) is 17.9 Å². The third-order valence-corrected chi connectivity index (χ3v) is 2.74. The van der Waals surface area contributed by atoms with Crippen molar-refractivity contribution >= 4 is 21.9 Å². The predicted octanol–water partition coefficient (Wildman–Crippen LogP) is 2.05. The first kappa shape index (κ1) is 12.2. The monoisotopic (exact) mass is 271 g/mol. The van der Waals surface area contributed by atoms with Crippen LogP contribution in [0.3, 0.4) is 0 Å². The summed E-state index contributed by atoms with van der Waals surface area (Å²) in [5.74, 6) is -0.490. The van der Waals surface area contributed by atoms with Crippen LogP contribution >= 0.6 is 15.9 Å². The van der Waals surface area contributed by atoms with E-state index in [-0.39, 0.29) is 11.9 Å². The maximum atomic E-state index is 11.5. The summed E-state index contributed by atoms with van der Waals surface area (Å²) in [6, 6.07) is 7.62. The molecule has 4 heteroatoms. The van der Waals surface area contributed by atoms with E-state index < -0.39 is 0 Å². The Kier molecular flexibility index (Phi) is 4.78. The maximum Gasteiger partial charge on any atom is 0.313 e. The quantitative estimate of drug-likeness (QED) is 0.853. The van der Waals surface area contributed by atoms with Crippen LogP contribution in [-0.2, 0) is 9.53 Å². The minimum absolute atomic E-state index is 0.234. The molecule has 82 valence electrons. The van der Waals surface area contributed by atoms with Crippen LogP contribution in [0.25, 0.3) is 0 Å². The Labute approximate surface area is 97.7 Å². The van der Waals surface area contributed by atoms with E-state index in [4.69, 9.17) is 10.5 Å². The van der Waals surface area contributed by atoms with Crippen molar-refractivity contribution in [2.24, 2.45) is 5.73 Å². The minimum atomic E-state index is -0.256. The molecule has 0 saturated carbocycles. The van der Waals surface area contributed by atoms with Crippen molar-refractivity contribution in [3.8, 4) is 0 Å². The van der Waals surface area contributed by atoms with Crippen LogP contribution in [0, 0.1) is 0 Å². The summed E-state index contributed by atoms with van der Waals surface area (Å²) in [6.07, 6.45) is 0.605. The summed E-state index contributed by atoms with van der Waals surface area (Å²) >= 11 is 3.35. The molecule has 3 nitrogen and oxygen atoms in total. The SMILES string of the molecule is COC(=O)C(CCN)c1ccc(Br)cc1. The molecule has 1 atom stereocenters. The molecule has 0 radical (unpaired) electrons. The van der Waals surface area contributed by atoms with E-state index in [1.54, 1.807) is 0 Å². The predicted molar refractivity (Wildman–Crippen MR) is 62.6 cm³/mol. The molecule has 1 unspecified atom stereocenters. The van der Waals surface area contributed by atoms with Crippen LogP contribution < -0.4 is 5.73 Å². The number of hydrogen-bond donors (Lipinski definition) is 1. The highest BCUT2D eigenvalue weighted by Crippen LogP contribution is 2.22. The first-order valence-electron chi connectivity index (χ1n) is 4.72. The third kappa shape index (κ3) is 3.32. The van der Waals surface area contributed by atoms with E-state index in [0.717, 1.165) is 10.0 Å². The lowest BCUT2D eigenvalue weighted by Crippen LogP contribution is -2.17. The molecule has 0 heterocycles. The van der Waals surface area contributed by atoms with Crippen LogP contribution in [0.2, 0.25) is 0 Å². The average Bonchev–Trinajstić information content (AvgIpc) is 2.26. The number of nitrogens with two attached hydrogens (primary N) is 1. The van der Waals surface area contributed by atoms with Gasteiger partial charge in [0.15, 0.2) is 0 Å². The number of methoxy groups -OCH3 is 1. The van der Waals surface area contributed by atoms with Gasteiger partial charge >= 0.3 is 5.97 Å². The summed E-state index contributed by atoms with van der Waals surface area (Å²) in [5, 5.41) is 0. The summed E-state index contributed by atoms with van der Waals surface area (Å²) in [6.45, 7) is 0.468. The Hall–Kier alpha value is -0.870. The van der Waals surface area contributed by atoms with Crippen molar-refractivity contribution in [2.75, 3.05) is 13.7 Å². The third-order valence-electron chi connectivity index (χ3n) is 2.21. The molecule has 0 aliphatic heterocycles. The number of rotatable bonds is 4. The Balaban J connectivity index is 2.88. The summed E-state index contributed by atoms with van der Waals surface area (Å²) in [5.41, 5.74) is 6.41. The molecule has 0 spiro atoms. The average molecular weight is 272 g/mol. The Morgan fingerprint density at radius 1 is 1.47 bits per heavy atom. The number of esters is 1. The van der Waals surface area contributed by atoms with Gasteiger partial charge in [-0.25, -0.2) is 0 Å². The number of carbonyl (C=O) groups excluding carboxylic acids is 1. The Morgan fingerprint density at radius 3 is 2.53 bits per heavy atom. The minimum Gasteiger partial charge on any atom is -0.469 e. The van der Waals surface area contributed by atoms with Crippen molar-refractivity contribution in [1.29, 1.82) is 0 Å². The van der Waals surface area contributed by atoms with Gasteiger partial charge in [-0.05, 0) is 30.7 Å². The molecule has 0 bridgehead atoms. The van der Waals surface area contributed by atoms with Crippen molar-refractivity contribution in [2.45, 2.75) is 12.3 Å². The van der Waals surface area contributed by atoms with E-state index in [0.29, 0.717) is 13.0 Å². The zero-order valence-electron chi connectivity index (χ0n) is 8.57. The molecule has 0 aliphatic rings. The first-order chi connectivity index (χ1) is 7.19. The van der Waals surface area contributed by atoms with Gasteiger partial charge in [0.25, 0.3) is 0 Å². The molecule has 0 saturated heterocycles. The lowest BCUT2D eigenvalue weighted by Gasteiger charge is -2.13. The fraction of sp³-hybridized carbons (Fsp3) is 0.364. The number of ether oxygens (including phenoxy) is 1. The van der Waals surface area contributed by atoms with E-state index in [9.17, 15) is 4.79 Å². The van der Waals surface area contributed by atoms with Gasteiger partial charge in [0.05, 0.1) is 13.0 Å². The van der Waals surface area contributed by atoms with Gasteiger partial charge in [-0.1, -0.05) is 28.1 Å². The second-order valence-corrected chi connectivity index (χ2v) is 4.12. The second-order valence-electron chi connectivity index (χ2n) is 3.20. The van der Waals surface area contributed by atoms with E-state index in [1.165, 1.54) is 7.11 Å². The molecule has 1 aromatic rings. The summed E-state index contributed by atoms with van der Waals surface area (Å²) in [7, 11) is 1.39. The van der Waals surface area contributed by atoms with Crippen molar-refractivity contribution in [1.82, 2.24) is 0 Å². The topological polar surface area (TPSA) is 52.3 Å². The van der Waals surface area contributed by atoms with E-state index in [2.05, 4.69) is 15.9 Å². The lowest BCUT2D eigenvalue weighted by molar-refractivity contribution is -0.142. The van der Waals surface area contributed by atoms with Crippen LogP contribution in [0.5, 0.6) is 0 Å². The van der Waals surface area contributed by atoms with Crippen LogP contribution in [0.4, 0.5) is 0 Å². The number of carbonyl (C=O) groups is 1. The highest BCUT2D eigenvalue weighted by molar-refractivity contribution is 9.10. The lowest BCUT2D eigenvalue weighted by atomic mass is 9.96. The smallest absolute Gasteiger partial charge is 0.313 e. The summed E-state index contributed by atoms with van der Waals surface area (Å²) < 4.78 is 5.73. The normalized spacial score (nSPS) is 12.2. The van der Waals surface area contributed by atoms with Gasteiger partial charge in [0.1, 0.15) is 0 Å². The molecule has 2 N–H and O–H groups in total. The van der Waals surface area contributed by atoms with Crippen LogP contribution in [0.15, 0.2) is 28.7 Å². The highest BCUT2D eigenvalue weighted by Gasteiger charge is 2.20. The molecule has 0 amide bonds. The zero-order valence-corrected chi connectivity index (χ0v) is 10.2. The molecule has 0 fully saturated rings. The van der Waals surface area contributed by atoms with Crippen molar-refractivity contribution < 1.29 is 9.53 Å². The Morgan fingerprint density at radius 2 is 2.07 bits per heavy atom. The van der Waals surface area contributed by atoms with Gasteiger partial charge in [-0.15, -0.1) is 0 Å². The van der Waals surface area contributed by atoms with Crippen molar-refractivity contribution in [3.63, 3.8) is 0 Å². The molecule has 15 heavy (non-hydrogen) atoms. The van der Waals surface area contributed by atoms with Gasteiger partial charge < -0.3 is 10.5 Å². The molecule has 0 aromatic heterocycles. The standard InChI is InChI=1S/C11H14BrNO2/c1-15-11(14)10(6-7-13)8-2-4-9(12)5-3-8/h2-5,10H,6-7,13H2,1H3. The van der Waals surface area contributed by atoms with E-state index >= 15 is 0 Å². The first-order valence-corrected chi connectivity index (χ1v) is 5.51. The van der Waals surface area contributed by atoms with Crippen LogP contribution in [-0.4, -0.2) is 19.6 Å². The fourth-order valence-electron chi connectivity index (χ4n) is 1.42. The Bertz CT molecular complexity index is 324. The number of benzene rings is 1. The second kappa shape index (κ2) is 5.88. The summed E-state index contributed by atoms with van der Waals surface area (Å²) in [4.78, 5) is 11.5. The maximum absolute atomic E-state index is 11.5. The molecular weight excluding hydrogens is 258 g/mol.